The van der Waals surface area contributed by atoms with Gasteiger partial charge in [-0.1, -0.05) is 6.07 Å². The zero-order valence-corrected chi connectivity index (χ0v) is 11.0. The maximum atomic E-state index is 13.5. The third-order valence-corrected chi connectivity index (χ3v) is 3.05. The highest BCUT2D eigenvalue weighted by Crippen LogP contribution is 2.40. The molecule has 1 aliphatic rings. The van der Waals surface area contributed by atoms with Crippen LogP contribution in [0.25, 0.3) is 0 Å². The van der Waals surface area contributed by atoms with E-state index in [1.807, 2.05) is 0 Å². The van der Waals surface area contributed by atoms with Crippen molar-refractivity contribution in [3.05, 3.63) is 41.7 Å². The van der Waals surface area contributed by atoms with E-state index < -0.39 is 0 Å². The molecule has 0 fully saturated rings. The normalized spacial score (nSPS) is 13.1. The Morgan fingerprint density at radius 2 is 1.80 bits per heavy atom. The average molecular weight is 275 g/mol. The molecule has 4 nitrogen and oxygen atoms in total. The van der Waals surface area contributed by atoms with Crippen molar-refractivity contribution in [2.45, 2.75) is 6.92 Å². The Hall–Kier alpha value is -2.43. The van der Waals surface area contributed by atoms with Gasteiger partial charge in [0, 0.05) is 18.2 Å². The van der Waals surface area contributed by atoms with Gasteiger partial charge in [0.1, 0.15) is 24.8 Å². The molecule has 0 spiro atoms. The van der Waals surface area contributed by atoms with Gasteiger partial charge in [0.15, 0.2) is 17.2 Å². The summed E-state index contributed by atoms with van der Waals surface area (Å²) in [5.41, 5.74) is 6.88. The highest BCUT2D eigenvalue weighted by molar-refractivity contribution is 5.63. The molecule has 0 aliphatic carbocycles. The summed E-state index contributed by atoms with van der Waals surface area (Å²) >= 11 is 0. The second kappa shape index (κ2) is 4.92. The molecule has 0 atom stereocenters. The number of nitrogens with two attached hydrogens (primary N) is 1. The first-order valence-corrected chi connectivity index (χ1v) is 6.26. The van der Waals surface area contributed by atoms with Crippen LogP contribution < -0.4 is 19.9 Å². The summed E-state index contributed by atoms with van der Waals surface area (Å²) in [7, 11) is 0. The second-order valence-electron chi connectivity index (χ2n) is 4.55. The van der Waals surface area contributed by atoms with Crippen molar-refractivity contribution in [1.29, 1.82) is 0 Å². The Kier molecular flexibility index (Phi) is 3.10. The summed E-state index contributed by atoms with van der Waals surface area (Å²) < 4.78 is 30.0. The lowest BCUT2D eigenvalue weighted by molar-refractivity contribution is 0.171. The summed E-state index contributed by atoms with van der Waals surface area (Å²) in [5, 5.41) is 0. The zero-order chi connectivity index (χ0) is 14.1. The van der Waals surface area contributed by atoms with Crippen LogP contribution in [0.4, 0.5) is 10.1 Å². The number of hydrogen-bond donors (Lipinski definition) is 1. The van der Waals surface area contributed by atoms with Gasteiger partial charge in [0.05, 0.1) is 5.69 Å². The minimum Gasteiger partial charge on any atom is -0.486 e. The molecule has 0 aromatic heterocycles. The fourth-order valence-electron chi connectivity index (χ4n) is 1.94. The molecule has 1 aliphatic heterocycles. The Morgan fingerprint density at radius 3 is 2.50 bits per heavy atom. The first-order valence-electron chi connectivity index (χ1n) is 6.26. The molecule has 104 valence electrons. The predicted octanol–water partition coefficient (Wildman–Crippen LogP) is 3.28. The highest BCUT2D eigenvalue weighted by atomic mass is 19.1. The molecule has 0 bridgehead atoms. The van der Waals surface area contributed by atoms with E-state index >= 15 is 0 Å². The van der Waals surface area contributed by atoms with Gasteiger partial charge in [-0.15, -0.1) is 0 Å². The predicted molar refractivity (Wildman–Crippen MR) is 73.1 cm³/mol. The van der Waals surface area contributed by atoms with Crippen LogP contribution in [0.3, 0.4) is 0 Å². The number of fused-ring (bicyclic) bond motifs is 1. The van der Waals surface area contributed by atoms with E-state index in [0.29, 0.717) is 47.5 Å². The number of aryl methyl sites for hydroxylation is 1. The van der Waals surface area contributed by atoms with E-state index in [2.05, 4.69) is 0 Å². The molecule has 20 heavy (non-hydrogen) atoms. The molecular weight excluding hydrogens is 261 g/mol. The van der Waals surface area contributed by atoms with Crippen molar-refractivity contribution in [3.8, 4) is 23.0 Å². The molecule has 0 amide bonds. The number of hydrogen-bond acceptors (Lipinski definition) is 4. The molecule has 2 aromatic rings. The minimum atomic E-state index is -0.321. The van der Waals surface area contributed by atoms with E-state index in [1.54, 1.807) is 31.2 Å². The number of nitrogen functional groups attached to an aromatic ring is 1. The maximum Gasteiger partial charge on any atom is 0.165 e. The van der Waals surface area contributed by atoms with Gasteiger partial charge in [-0.25, -0.2) is 4.39 Å². The van der Waals surface area contributed by atoms with Gasteiger partial charge in [0.25, 0.3) is 0 Å². The lowest BCUT2D eigenvalue weighted by Crippen LogP contribution is -2.15. The highest BCUT2D eigenvalue weighted by Gasteiger charge is 2.16. The lowest BCUT2D eigenvalue weighted by atomic mass is 10.2. The number of halogens is 1. The molecule has 0 radical (unpaired) electrons. The number of rotatable bonds is 2. The smallest absolute Gasteiger partial charge is 0.165 e. The molecule has 5 heteroatoms. The largest absolute Gasteiger partial charge is 0.486 e. The van der Waals surface area contributed by atoms with Crippen LogP contribution in [0.2, 0.25) is 0 Å². The van der Waals surface area contributed by atoms with Crippen molar-refractivity contribution < 1.29 is 18.6 Å². The van der Waals surface area contributed by atoms with Crippen LogP contribution in [0.15, 0.2) is 30.3 Å². The summed E-state index contributed by atoms with van der Waals surface area (Å²) in [5.74, 6) is 1.65. The van der Waals surface area contributed by atoms with Gasteiger partial charge < -0.3 is 19.9 Å². The van der Waals surface area contributed by atoms with Crippen LogP contribution in [0, 0.1) is 12.7 Å². The fourth-order valence-corrected chi connectivity index (χ4v) is 1.94. The van der Waals surface area contributed by atoms with E-state index in [4.69, 9.17) is 19.9 Å². The van der Waals surface area contributed by atoms with Crippen molar-refractivity contribution in [3.63, 3.8) is 0 Å². The van der Waals surface area contributed by atoms with Crippen molar-refractivity contribution in [2.24, 2.45) is 0 Å². The molecule has 3 rings (SSSR count). The van der Waals surface area contributed by atoms with E-state index in [-0.39, 0.29) is 5.82 Å². The van der Waals surface area contributed by atoms with Crippen LogP contribution in [-0.2, 0) is 0 Å². The Bertz CT molecular complexity index is 658. The quantitative estimate of drug-likeness (QED) is 0.854. The van der Waals surface area contributed by atoms with Gasteiger partial charge in [-0.2, -0.15) is 0 Å². The topological polar surface area (TPSA) is 53.7 Å². The molecule has 2 aromatic carbocycles. The molecule has 2 N–H and O–H groups in total. The van der Waals surface area contributed by atoms with Gasteiger partial charge in [0.2, 0.25) is 0 Å². The number of anilines is 1. The standard InChI is InChI=1S/C15H14FNO3/c1-9-2-3-10(6-11(9)16)20-13-8-15-14(7-12(13)17)18-4-5-19-15/h2-3,6-8H,4-5,17H2,1H3. The molecule has 0 saturated carbocycles. The van der Waals surface area contributed by atoms with Gasteiger partial charge in [-0.05, 0) is 18.6 Å². The van der Waals surface area contributed by atoms with Crippen molar-refractivity contribution in [2.75, 3.05) is 18.9 Å². The first kappa shape index (κ1) is 12.6. The Morgan fingerprint density at radius 1 is 1.10 bits per heavy atom. The first-order chi connectivity index (χ1) is 9.63. The molecule has 1 heterocycles. The van der Waals surface area contributed by atoms with Crippen LogP contribution in [0.5, 0.6) is 23.0 Å². The maximum absolute atomic E-state index is 13.5. The lowest BCUT2D eigenvalue weighted by Gasteiger charge is -2.20. The molecular formula is C15H14FNO3. The Labute approximate surface area is 115 Å². The average Bonchev–Trinajstić information content (AvgIpc) is 2.44. The number of ether oxygens (including phenoxy) is 3. The number of benzene rings is 2. The van der Waals surface area contributed by atoms with Gasteiger partial charge >= 0.3 is 0 Å². The zero-order valence-electron chi connectivity index (χ0n) is 11.0. The van der Waals surface area contributed by atoms with Crippen LogP contribution in [-0.4, -0.2) is 13.2 Å². The monoisotopic (exact) mass is 275 g/mol. The van der Waals surface area contributed by atoms with Crippen LogP contribution >= 0.6 is 0 Å². The summed E-state index contributed by atoms with van der Waals surface area (Å²) in [6.07, 6.45) is 0. The third kappa shape index (κ3) is 2.34. The third-order valence-electron chi connectivity index (χ3n) is 3.05. The van der Waals surface area contributed by atoms with Gasteiger partial charge in [-0.3, -0.25) is 0 Å². The fraction of sp³-hybridized carbons (Fsp3) is 0.200. The Balaban J connectivity index is 1.92. The summed E-state index contributed by atoms with van der Waals surface area (Å²) in [6, 6.07) is 7.97. The summed E-state index contributed by atoms with van der Waals surface area (Å²) in [4.78, 5) is 0. The van der Waals surface area contributed by atoms with Crippen molar-refractivity contribution >= 4 is 5.69 Å². The molecule has 0 saturated heterocycles. The van der Waals surface area contributed by atoms with Crippen molar-refractivity contribution in [1.82, 2.24) is 0 Å². The molecule has 0 unspecified atom stereocenters. The van der Waals surface area contributed by atoms with Crippen LogP contribution in [0.1, 0.15) is 5.56 Å². The SMILES string of the molecule is Cc1ccc(Oc2cc3c(cc2N)OCCO3)cc1F. The van der Waals surface area contributed by atoms with E-state index in [0.717, 1.165) is 0 Å². The summed E-state index contributed by atoms with van der Waals surface area (Å²) in [6.45, 7) is 2.67. The van der Waals surface area contributed by atoms with E-state index in [9.17, 15) is 4.39 Å². The van der Waals surface area contributed by atoms with E-state index in [1.165, 1.54) is 6.07 Å². The minimum absolute atomic E-state index is 0.321. The second-order valence-corrected chi connectivity index (χ2v) is 4.55.